The van der Waals surface area contributed by atoms with Crippen molar-refractivity contribution in [3.8, 4) is 0 Å². The summed E-state index contributed by atoms with van der Waals surface area (Å²) in [5.41, 5.74) is 2.74. The van der Waals surface area contributed by atoms with Gasteiger partial charge in [0.1, 0.15) is 5.82 Å². The molecule has 2 fully saturated rings. The SMILES string of the molecule is C[C@H]1CCN(S(=O)(=O)C2CC2)C[C@H]1c1ncc2cnc3[nH]ccc3n12. The maximum absolute atomic E-state index is 12.7. The normalized spacial score (nSPS) is 25.8. The van der Waals surface area contributed by atoms with E-state index in [2.05, 4.69) is 26.3 Å². The molecule has 25 heavy (non-hydrogen) atoms. The number of piperidine rings is 1. The van der Waals surface area contributed by atoms with E-state index in [-0.39, 0.29) is 11.2 Å². The van der Waals surface area contributed by atoms with Crippen LogP contribution >= 0.6 is 0 Å². The van der Waals surface area contributed by atoms with Crippen molar-refractivity contribution >= 4 is 26.7 Å². The average Bonchev–Trinajstić information content (AvgIpc) is 3.21. The highest BCUT2D eigenvalue weighted by Gasteiger charge is 2.43. The van der Waals surface area contributed by atoms with Crippen LogP contribution in [0.25, 0.3) is 16.7 Å². The lowest BCUT2D eigenvalue weighted by Gasteiger charge is -2.35. The van der Waals surface area contributed by atoms with Gasteiger partial charge in [-0.25, -0.2) is 22.7 Å². The van der Waals surface area contributed by atoms with E-state index in [0.717, 1.165) is 41.8 Å². The Morgan fingerprint density at radius 1 is 1.20 bits per heavy atom. The van der Waals surface area contributed by atoms with Gasteiger partial charge in [0.05, 0.1) is 28.7 Å². The summed E-state index contributed by atoms with van der Waals surface area (Å²) in [5.74, 6) is 1.41. The molecule has 1 saturated carbocycles. The smallest absolute Gasteiger partial charge is 0.217 e. The predicted molar refractivity (Wildman–Crippen MR) is 94.9 cm³/mol. The number of nitrogens with zero attached hydrogens (tertiary/aromatic N) is 4. The van der Waals surface area contributed by atoms with Crippen molar-refractivity contribution in [3.63, 3.8) is 0 Å². The van der Waals surface area contributed by atoms with Crippen LogP contribution in [0.1, 0.15) is 37.9 Å². The number of imidazole rings is 1. The van der Waals surface area contributed by atoms with Gasteiger partial charge in [-0.3, -0.25) is 4.40 Å². The van der Waals surface area contributed by atoms with E-state index in [1.54, 1.807) is 4.31 Å². The first-order chi connectivity index (χ1) is 12.1. The molecular formula is C17H21N5O2S. The molecule has 132 valence electrons. The second-order valence-electron chi connectivity index (χ2n) is 7.32. The van der Waals surface area contributed by atoms with E-state index in [4.69, 9.17) is 0 Å². The van der Waals surface area contributed by atoms with Crippen molar-refractivity contribution in [1.82, 2.24) is 23.7 Å². The topological polar surface area (TPSA) is 83.4 Å². The first kappa shape index (κ1) is 15.3. The predicted octanol–water partition coefficient (Wildman–Crippen LogP) is 2.13. The van der Waals surface area contributed by atoms with Crippen LogP contribution in [0.15, 0.2) is 24.7 Å². The van der Waals surface area contributed by atoms with Crippen molar-refractivity contribution in [1.29, 1.82) is 0 Å². The van der Waals surface area contributed by atoms with Gasteiger partial charge in [-0.15, -0.1) is 0 Å². The van der Waals surface area contributed by atoms with Crippen molar-refractivity contribution in [3.05, 3.63) is 30.5 Å². The molecule has 1 aliphatic carbocycles. The third kappa shape index (κ3) is 2.31. The molecule has 3 aromatic heterocycles. The molecule has 3 aromatic rings. The standard InChI is InChI=1S/C17H21N5O2S/c1-11-5-7-21(25(23,24)13-2-3-13)10-14(11)17-20-9-12-8-19-16-15(22(12)17)4-6-18-16/h4,6,8-9,11,13-14,18H,2-3,5,7,10H2,1H3/t11-,14+/m0/s1. The number of hydrogen-bond acceptors (Lipinski definition) is 4. The van der Waals surface area contributed by atoms with E-state index in [1.807, 2.05) is 24.7 Å². The number of nitrogens with one attached hydrogen (secondary N) is 1. The van der Waals surface area contributed by atoms with Crippen LogP contribution in [-0.2, 0) is 10.0 Å². The van der Waals surface area contributed by atoms with E-state index >= 15 is 0 Å². The van der Waals surface area contributed by atoms with Crippen LogP contribution in [0.3, 0.4) is 0 Å². The van der Waals surface area contributed by atoms with Gasteiger partial charge in [0.2, 0.25) is 10.0 Å². The summed E-state index contributed by atoms with van der Waals surface area (Å²) in [6.45, 7) is 3.34. The maximum Gasteiger partial charge on any atom is 0.217 e. The lowest BCUT2D eigenvalue weighted by Crippen LogP contribution is -2.44. The van der Waals surface area contributed by atoms with Crippen LogP contribution in [-0.4, -0.2) is 50.4 Å². The lowest BCUT2D eigenvalue weighted by atomic mass is 9.87. The number of aromatic nitrogens is 4. The molecule has 1 N–H and O–H groups in total. The molecule has 0 unspecified atom stereocenters. The highest BCUT2D eigenvalue weighted by atomic mass is 32.2. The fraction of sp³-hybridized carbons (Fsp3) is 0.529. The maximum atomic E-state index is 12.7. The highest BCUT2D eigenvalue weighted by Crippen LogP contribution is 2.38. The molecule has 0 radical (unpaired) electrons. The Labute approximate surface area is 146 Å². The summed E-state index contributed by atoms with van der Waals surface area (Å²) in [5, 5.41) is -0.154. The van der Waals surface area contributed by atoms with Crippen molar-refractivity contribution in [2.75, 3.05) is 13.1 Å². The van der Waals surface area contributed by atoms with E-state index in [9.17, 15) is 8.42 Å². The molecular weight excluding hydrogens is 338 g/mol. The summed E-state index contributed by atoms with van der Waals surface area (Å²) in [4.78, 5) is 12.2. The minimum absolute atomic E-state index is 0.0882. The van der Waals surface area contributed by atoms with Crippen LogP contribution in [0, 0.1) is 5.92 Å². The summed E-state index contributed by atoms with van der Waals surface area (Å²) >= 11 is 0. The molecule has 8 heteroatoms. The second kappa shape index (κ2) is 5.28. The fourth-order valence-corrected chi connectivity index (χ4v) is 5.83. The van der Waals surface area contributed by atoms with Crippen LogP contribution in [0.4, 0.5) is 0 Å². The molecule has 1 saturated heterocycles. The highest BCUT2D eigenvalue weighted by molar-refractivity contribution is 7.90. The molecule has 4 heterocycles. The van der Waals surface area contributed by atoms with E-state index in [0.29, 0.717) is 19.0 Å². The summed E-state index contributed by atoms with van der Waals surface area (Å²) in [6.07, 6.45) is 7.99. The zero-order valence-electron chi connectivity index (χ0n) is 14.1. The van der Waals surface area contributed by atoms with Gasteiger partial charge in [0.15, 0.2) is 5.65 Å². The van der Waals surface area contributed by atoms with Gasteiger partial charge in [0, 0.05) is 25.2 Å². The first-order valence-electron chi connectivity index (χ1n) is 8.84. The molecule has 0 spiro atoms. The third-order valence-electron chi connectivity index (χ3n) is 5.65. The molecule has 2 atom stereocenters. The Hall–Kier alpha value is -1.93. The second-order valence-corrected chi connectivity index (χ2v) is 9.53. The molecule has 2 aliphatic rings. The number of aromatic amines is 1. The van der Waals surface area contributed by atoms with Crippen molar-refractivity contribution in [2.45, 2.75) is 37.4 Å². The molecule has 7 nitrogen and oxygen atoms in total. The van der Waals surface area contributed by atoms with Crippen molar-refractivity contribution < 1.29 is 8.42 Å². The zero-order valence-corrected chi connectivity index (χ0v) is 14.9. The van der Waals surface area contributed by atoms with E-state index in [1.165, 1.54) is 0 Å². The first-order valence-corrected chi connectivity index (χ1v) is 10.3. The Morgan fingerprint density at radius 3 is 2.80 bits per heavy atom. The molecule has 1 aliphatic heterocycles. The van der Waals surface area contributed by atoms with Gasteiger partial charge in [-0.1, -0.05) is 6.92 Å². The van der Waals surface area contributed by atoms with Gasteiger partial charge in [-0.05, 0) is 31.2 Å². The van der Waals surface area contributed by atoms with Crippen molar-refractivity contribution in [2.24, 2.45) is 5.92 Å². The van der Waals surface area contributed by atoms with Gasteiger partial charge in [0.25, 0.3) is 0 Å². The Morgan fingerprint density at radius 2 is 2.00 bits per heavy atom. The largest absolute Gasteiger partial charge is 0.345 e. The molecule has 5 rings (SSSR count). The monoisotopic (exact) mass is 359 g/mol. The lowest BCUT2D eigenvalue weighted by molar-refractivity contribution is 0.244. The summed E-state index contributed by atoms with van der Waals surface area (Å²) < 4.78 is 29.2. The number of H-pyrrole nitrogens is 1. The van der Waals surface area contributed by atoms with Gasteiger partial charge in [-0.2, -0.15) is 0 Å². The summed E-state index contributed by atoms with van der Waals surface area (Å²) in [7, 11) is -3.14. The number of fused-ring (bicyclic) bond motifs is 3. The molecule has 0 aromatic carbocycles. The number of hydrogen-bond donors (Lipinski definition) is 1. The Kier molecular flexibility index (Phi) is 3.24. The van der Waals surface area contributed by atoms with Crippen LogP contribution < -0.4 is 0 Å². The van der Waals surface area contributed by atoms with Gasteiger partial charge < -0.3 is 4.98 Å². The Balaban J connectivity index is 1.59. The quantitative estimate of drug-likeness (QED) is 0.776. The minimum atomic E-state index is -3.14. The minimum Gasteiger partial charge on any atom is -0.345 e. The summed E-state index contributed by atoms with van der Waals surface area (Å²) in [6, 6.07) is 1.99. The van der Waals surface area contributed by atoms with Crippen LogP contribution in [0.2, 0.25) is 0 Å². The van der Waals surface area contributed by atoms with Crippen LogP contribution in [0.5, 0.6) is 0 Å². The average molecular weight is 359 g/mol. The molecule has 0 amide bonds. The Bertz CT molecular complexity index is 1050. The zero-order chi connectivity index (χ0) is 17.2. The molecule has 0 bridgehead atoms. The fourth-order valence-electron chi connectivity index (χ4n) is 3.95. The number of sulfonamides is 1. The number of rotatable bonds is 3. The van der Waals surface area contributed by atoms with E-state index < -0.39 is 10.0 Å². The van der Waals surface area contributed by atoms with Gasteiger partial charge >= 0.3 is 0 Å². The third-order valence-corrected chi connectivity index (χ3v) is 8.01.